The van der Waals surface area contributed by atoms with E-state index in [1.165, 1.54) is 51.7 Å². The normalized spacial score (nSPS) is 10.3. The van der Waals surface area contributed by atoms with Crippen LogP contribution in [-0.2, 0) is 0 Å². The molecule has 0 bridgehead atoms. The molecule has 29 heavy (non-hydrogen) atoms. The van der Waals surface area contributed by atoms with E-state index in [1.807, 2.05) is 0 Å². The molecule has 0 radical (unpaired) electrons. The number of H-pyrrole nitrogens is 1. The first-order valence-electron chi connectivity index (χ1n) is 8.58. The zero-order valence-electron chi connectivity index (χ0n) is 16.0. The van der Waals surface area contributed by atoms with Crippen LogP contribution in [0.1, 0.15) is 10.4 Å². The maximum Gasteiger partial charge on any atom is 0.261 e. The van der Waals surface area contributed by atoms with Crippen molar-refractivity contribution >= 4 is 11.6 Å². The Morgan fingerprint density at radius 3 is 2.17 bits per heavy atom. The molecule has 0 saturated heterocycles. The van der Waals surface area contributed by atoms with E-state index in [0.717, 1.165) is 0 Å². The number of hydrogen-bond donors (Lipinski definition) is 2. The Morgan fingerprint density at radius 1 is 0.897 bits per heavy atom. The number of amides is 1. The summed E-state index contributed by atoms with van der Waals surface area (Å²) in [6.45, 7) is 0. The third-order valence-corrected chi connectivity index (χ3v) is 4.26. The Balaban J connectivity index is 1.90. The average Bonchev–Trinajstić information content (AvgIpc) is 2.73. The molecule has 0 saturated carbocycles. The maximum atomic E-state index is 13.1. The summed E-state index contributed by atoms with van der Waals surface area (Å²) < 4.78 is 28.9. The Morgan fingerprint density at radius 2 is 1.59 bits per heavy atom. The molecule has 0 spiro atoms. The van der Waals surface area contributed by atoms with Crippen LogP contribution in [0.2, 0.25) is 0 Å². The minimum Gasteiger partial charge on any atom is -0.493 e. The Kier molecular flexibility index (Phi) is 5.82. The molecule has 0 aliphatic heterocycles. The molecule has 2 aromatic carbocycles. The van der Waals surface area contributed by atoms with Crippen LogP contribution in [0.3, 0.4) is 0 Å². The average molecular weight is 398 g/mol. The Labute approximate surface area is 166 Å². The highest BCUT2D eigenvalue weighted by Crippen LogP contribution is 2.42. The number of carbonyl (C=O) groups is 1. The lowest BCUT2D eigenvalue weighted by molar-refractivity contribution is 0.102. The molecule has 3 rings (SSSR count). The molecule has 0 aliphatic rings. The standard InChI is InChI=1S/C21H19FN2O5/c1-27-17-11-10-16(18(28-2)19(17)29-3)24-21(26)14-8-9-15(23-20(14)25)12-4-6-13(22)7-5-12/h4-11H,1-3H3,(H,23,25)(H,24,26). The number of benzene rings is 2. The van der Waals surface area contributed by atoms with Crippen molar-refractivity contribution in [3.63, 3.8) is 0 Å². The van der Waals surface area contributed by atoms with Gasteiger partial charge in [0.25, 0.3) is 11.5 Å². The minimum absolute atomic E-state index is 0.0901. The number of ether oxygens (including phenoxy) is 3. The van der Waals surface area contributed by atoms with Gasteiger partial charge in [-0.2, -0.15) is 0 Å². The van der Waals surface area contributed by atoms with E-state index >= 15 is 0 Å². The second-order valence-corrected chi connectivity index (χ2v) is 5.96. The van der Waals surface area contributed by atoms with Crippen molar-refractivity contribution in [1.82, 2.24) is 4.98 Å². The van der Waals surface area contributed by atoms with Crippen LogP contribution in [0.4, 0.5) is 10.1 Å². The quantitative estimate of drug-likeness (QED) is 0.664. The Hall–Kier alpha value is -3.81. The number of aromatic nitrogens is 1. The van der Waals surface area contributed by atoms with Crippen molar-refractivity contribution in [2.24, 2.45) is 0 Å². The third-order valence-electron chi connectivity index (χ3n) is 4.26. The lowest BCUT2D eigenvalue weighted by Gasteiger charge is -2.16. The fraction of sp³-hybridized carbons (Fsp3) is 0.143. The van der Waals surface area contributed by atoms with Crippen molar-refractivity contribution in [2.75, 3.05) is 26.6 Å². The summed E-state index contributed by atoms with van der Waals surface area (Å²) in [6.07, 6.45) is 0. The topological polar surface area (TPSA) is 89.7 Å². The lowest BCUT2D eigenvalue weighted by Crippen LogP contribution is -2.23. The molecule has 150 valence electrons. The summed E-state index contributed by atoms with van der Waals surface area (Å²) in [5.74, 6) is 0.00941. The number of hydrogen-bond acceptors (Lipinski definition) is 5. The second kappa shape index (κ2) is 8.47. The number of carbonyl (C=O) groups excluding carboxylic acids is 1. The molecule has 8 heteroatoms. The van der Waals surface area contributed by atoms with Crippen LogP contribution in [0, 0.1) is 5.82 Å². The van der Waals surface area contributed by atoms with Gasteiger partial charge in [0.2, 0.25) is 5.75 Å². The maximum absolute atomic E-state index is 13.1. The summed E-state index contributed by atoms with van der Waals surface area (Å²) in [6, 6.07) is 11.8. The van der Waals surface area contributed by atoms with E-state index in [2.05, 4.69) is 10.3 Å². The summed E-state index contributed by atoms with van der Waals surface area (Å²) in [7, 11) is 4.36. The predicted octanol–water partition coefficient (Wildman–Crippen LogP) is 3.46. The van der Waals surface area contributed by atoms with Crippen LogP contribution >= 0.6 is 0 Å². The largest absolute Gasteiger partial charge is 0.493 e. The van der Waals surface area contributed by atoms with E-state index in [1.54, 1.807) is 18.2 Å². The first kappa shape index (κ1) is 19.9. The van der Waals surface area contributed by atoms with E-state index in [0.29, 0.717) is 28.4 Å². The molecule has 1 heterocycles. The molecular formula is C21H19FN2O5. The van der Waals surface area contributed by atoms with Gasteiger partial charge >= 0.3 is 0 Å². The summed E-state index contributed by atoms with van der Waals surface area (Å²) >= 11 is 0. The highest BCUT2D eigenvalue weighted by molar-refractivity contribution is 6.05. The Bertz CT molecular complexity index is 1090. The molecule has 0 atom stereocenters. The number of methoxy groups -OCH3 is 3. The van der Waals surface area contributed by atoms with Crippen LogP contribution in [0.5, 0.6) is 17.2 Å². The van der Waals surface area contributed by atoms with E-state index in [-0.39, 0.29) is 17.1 Å². The lowest BCUT2D eigenvalue weighted by atomic mass is 10.1. The van der Waals surface area contributed by atoms with Gasteiger partial charge < -0.3 is 24.5 Å². The number of pyridine rings is 1. The molecule has 3 aromatic rings. The van der Waals surface area contributed by atoms with E-state index < -0.39 is 11.5 Å². The third kappa shape index (κ3) is 4.06. The number of aromatic amines is 1. The van der Waals surface area contributed by atoms with E-state index in [9.17, 15) is 14.0 Å². The van der Waals surface area contributed by atoms with Crippen LogP contribution in [-0.4, -0.2) is 32.2 Å². The molecule has 0 fully saturated rings. The van der Waals surface area contributed by atoms with Crippen molar-refractivity contribution in [1.29, 1.82) is 0 Å². The molecule has 7 nitrogen and oxygen atoms in total. The summed E-state index contributed by atoms with van der Waals surface area (Å²) in [5, 5.41) is 2.64. The zero-order valence-corrected chi connectivity index (χ0v) is 16.0. The monoisotopic (exact) mass is 398 g/mol. The van der Waals surface area contributed by atoms with Crippen molar-refractivity contribution in [2.45, 2.75) is 0 Å². The molecule has 0 unspecified atom stereocenters. The zero-order chi connectivity index (χ0) is 21.0. The number of halogens is 1. The van der Waals surface area contributed by atoms with Gasteiger partial charge in [-0.3, -0.25) is 9.59 Å². The van der Waals surface area contributed by atoms with Gasteiger partial charge in [-0.25, -0.2) is 4.39 Å². The summed E-state index contributed by atoms with van der Waals surface area (Å²) in [4.78, 5) is 27.7. The van der Waals surface area contributed by atoms with Gasteiger partial charge in [-0.1, -0.05) is 0 Å². The SMILES string of the molecule is COc1ccc(NC(=O)c2ccc(-c3ccc(F)cc3)[nH]c2=O)c(OC)c1OC. The number of nitrogens with one attached hydrogen (secondary N) is 2. The van der Waals surface area contributed by atoms with Gasteiger partial charge in [0.1, 0.15) is 11.4 Å². The van der Waals surface area contributed by atoms with Crippen molar-refractivity contribution in [3.05, 3.63) is 70.3 Å². The van der Waals surface area contributed by atoms with Gasteiger partial charge in [0.15, 0.2) is 11.5 Å². The van der Waals surface area contributed by atoms with Crippen LogP contribution < -0.4 is 25.1 Å². The smallest absolute Gasteiger partial charge is 0.261 e. The van der Waals surface area contributed by atoms with Crippen molar-refractivity contribution in [3.8, 4) is 28.5 Å². The predicted molar refractivity (Wildman–Crippen MR) is 107 cm³/mol. The van der Waals surface area contributed by atoms with Crippen LogP contribution in [0.15, 0.2) is 53.3 Å². The van der Waals surface area contributed by atoms with Gasteiger partial charge in [-0.05, 0) is 54.1 Å². The van der Waals surface area contributed by atoms with Gasteiger partial charge in [0.05, 0.1) is 27.0 Å². The van der Waals surface area contributed by atoms with Gasteiger partial charge in [0, 0.05) is 5.69 Å². The molecule has 1 amide bonds. The molecule has 2 N–H and O–H groups in total. The minimum atomic E-state index is -0.623. The first-order valence-corrected chi connectivity index (χ1v) is 8.58. The fourth-order valence-electron chi connectivity index (χ4n) is 2.84. The number of rotatable bonds is 6. The molecule has 0 aliphatic carbocycles. The highest BCUT2D eigenvalue weighted by Gasteiger charge is 2.19. The number of anilines is 1. The highest BCUT2D eigenvalue weighted by atomic mass is 19.1. The fourth-order valence-corrected chi connectivity index (χ4v) is 2.84. The molecular weight excluding hydrogens is 379 g/mol. The van der Waals surface area contributed by atoms with Crippen molar-refractivity contribution < 1.29 is 23.4 Å². The molecule has 1 aromatic heterocycles. The summed E-state index contributed by atoms with van der Waals surface area (Å²) in [5.41, 5.74) is 0.737. The van der Waals surface area contributed by atoms with E-state index in [4.69, 9.17) is 14.2 Å². The van der Waals surface area contributed by atoms with Gasteiger partial charge in [-0.15, -0.1) is 0 Å². The first-order chi connectivity index (χ1) is 14.0. The second-order valence-electron chi connectivity index (χ2n) is 5.96. The van der Waals surface area contributed by atoms with Crippen LogP contribution in [0.25, 0.3) is 11.3 Å².